The normalized spacial score (nSPS) is 12.2. The molecule has 2 aromatic carbocycles. The lowest BCUT2D eigenvalue weighted by Gasteiger charge is -2.17. The van der Waals surface area contributed by atoms with Crippen LogP contribution in [-0.4, -0.2) is 34.0 Å². The molecule has 154 valence electrons. The van der Waals surface area contributed by atoms with Crippen molar-refractivity contribution in [2.24, 2.45) is 0 Å². The second-order valence-corrected chi connectivity index (χ2v) is 7.60. The van der Waals surface area contributed by atoms with Crippen molar-refractivity contribution >= 4 is 40.1 Å². The molecule has 0 bridgehead atoms. The van der Waals surface area contributed by atoms with Gasteiger partial charge in [-0.1, -0.05) is 11.6 Å². The number of alkyl halides is 1. The quantitative estimate of drug-likeness (QED) is 0.397. The summed E-state index contributed by atoms with van der Waals surface area (Å²) < 4.78 is 21.4. The minimum Gasteiger partial charge on any atom is -0.493 e. The fraction of sp³-hybridized carbons (Fsp3) is 0.333. The molecule has 3 rings (SSSR count). The van der Waals surface area contributed by atoms with Gasteiger partial charge in [-0.25, -0.2) is 9.37 Å². The second-order valence-electron chi connectivity index (χ2n) is 6.82. The van der Waals surface area contributed by atoms with Gasteiger partial charge in [-0.05, 0) is 43.7 Å². The minimum atomic E-state index is -0.486. The number of imidazole rings is 1. The van der Waals surface area contributed by atoms with Gasteiger partial charge in [0.25, 0.3) is 0 Å². The molecule has 0 radical (unpaired) electrons. The van der Waals surface area contributed by atoms with E-state index in [1.54, 1.807) is 12.1 Å². The molecule has 1 aromatic heterocycles. The average molecular weight is 438 g/mol. The summed E-state index contributed by atoms with van der Waals surface area (Å²) in [5.74, 6) is 1.28. The van der Waals surface area contributed by atoms with E-state index in [0.717, 1.165) is 17.5 Å². The van der Waals surface area contributed by atoms with Gasteiger partial charge in [-0.3, -0.25) is 4.79 Å². The number of fused-ring (bicyclic) bond motifs is 1. The molecule has 0 fully saturated rings. The van der Waals surface area contributed by atoms with Crippen molar-refractivity contribution in [3.8, 4) is 17.1 Å². The number of aromatic nitrogens is 2. The molecule has 0 aliphatic carbocycles. The van der Waals surface area contributed by atoms with E-state index in [1.165, 1.54) is 13.0 Å². The molecule has 5 nitrogen and oxygen atoms in total. The summed E-state index contributed by atoms with van der Waals surface area (Å²) in [5, 5.41) is 2.91. The summed E-state index contributed by atoms with van der Waals surface area (Å²) in [6, 6.07) is 10.0. The molecule has 1 atom stereocenters. The SMILES string of the molecule is CC(=O)NC(C)Cn1c(-c2ccc(F)c(Cl)c2)nc2ccc(OCCCCl)cc21. The largest absolute Gasteiger partial charge is 0.493 e. The van der Waals surface area contributed by atoms with Crippen LogP contribution in [0.15, 0.2) is 36.4 Å². The van der Waals surface area contributed by atoms with Gasteiger partial charge in [0.1, 0.15) is 17.4 Å². The van der Waals surface area contributed by atoms with Gasteiger partial charge in [0.15, 0.2) is 0 Å². The van der Waals surface area contributed by atoms with Crippen LogP contribution < -0.4 is 10.1 Å². The van der Waals surface area contributed by atoms with Gasteiger partial charge in [-0.2, -0.15) is 0 Å². The number of carbonyl (C=O) groups is 1. The predicted octanol–water partition coefficient (Wildman–Crippen LogP) is 5.03. The Balaban J connectivity index is 2.06. The Morgan fingerprint density at radius 3 is 2.79 bits per heavy atom. The number of benzene rings is 2. The molecule has 0 saturated heterocycles. The number of amides is 1. The Morgan fingerprint density at radius 2 is 2.10 bits per heavy atom. The first-order chi connectivity index (χ1) is 13.9. The average Bonchev–Trinajstić information content (AvgIpc) is 3.01. The van der Waals surface area contributed by atoms with E-state index in [0.29, 0.717) is 36.2 Å². The third-order valence-corrected chi connectivity index (χ3v) is 4.91. The molecular weight excluding hydrogens is 416 g/mol. The van der Waals surface area contributed by atoms with Crippen LogP contribution in [0.2, 0.25) is 5.02 Å². The second kappa shape index (κ2) is 9.46. The Morgan fingerprint density at radius 1 is 1.31 bits per heavy atom. The first-order valence-corrected chi connectivity index (χ1v) is 10.2. The van der Waals surface area contributed by atoms with Gasteiger partial charge in [0, 0.05) is 37.0 Å². The van der Waals surface area contributed by atoms with Crippen molar-refractivity contribution < 1.29 is 13.9 Å². The van der Waals surface area contributed by atoms with Crippen LogP contribution in [0.25, 0.3) is 22.4 Å². The smallest absolute Gasteiger partial charge is 0.217 e. The summed E-state index contributed by atoms with van der Waals surface area (Å²) in [7, 11) is 0. The first-order valence-electron chi connectivity index (χ1n) is 9.30. The van der Waals surface area contributed by atoms with Crippen LogP contribution in [0.5, 0.6) is 5.75 Å². The Kier molecular flexibility index (Phi) is 6.98. The summed E-state index contributed by atoms with van der Waals surface area (Å²) in [5.41, 5.74) is 2.30. The van der Waals surface area contributed by atoms with Crippen LogP contribution in [0.3, 0.4) is 0 Å². The first kappa shape index (κ1) is 21.4. The molecular formula is C21H22Cl2FN3O2. The molecule has 1 unspecified atom stereocenters. The summed E-state index contributed by atoms with van der Waals surface area (Å²) >= 11 is 11.7. The van der Waals surface area contributed by atoms with Crippen molar-refractivity contribution in [2.45, 2.75) is 32.9 Å². The van der Waals surface area contributed by atoms with E-state index in [-0.39, 0.29) is 17.0 Å². The fourth-order valence-corrected chi connectivity index (χ4v) is 3.43. The summed E-state index contributed by atoms with van der Waals surface area (Å²) in [6.45, 7) is 4.39. The summed E-state index contributed by atoms with van der Waals surface area (Å²) in [4.78, 5) is 16.2. The molecule has 0 saturated carbocycles. The van der Waals surface area contributed by atoms with E-state index in [2.05, 4.69) is 5.32 Å². The molecule has 0 aliphatic rings. The maximum absolute atomic E-state index is 13.6. The van der Waals surface area contributed by atoms with Crippen LogP contribution in [0.4, 0.5) is 4.39 Å². The molecule has 8 heteroatoms. The van der Waals surface area contributed by atoms with Crippen LogP contribution in [0.1, 0.15) is 20.3 Å². The Hall–Kier alpha value is -2.31. The number of hydrogen-bond donors (Lipinski definition) is 1. The molecule has 1 N–H and O–H groups in total. The molecule has 29 heavy (non-hydrogen) atoms. The van der Waals surface area contributed by atoms with Gasteiger partial charge in [0.05, 0.1) is 22.7 Å². The third kappa shape index (κ3) is 5.19. The monoisotopic (exact) mass is 437 g/mol. The van der Waals surface area contributed by atoms with E-state index in [1.807, 2.05) is 29.7 Å². The lowest BCUT2D eigenvalue weighted by Crippen LogP contribution is -2.34. The van der Waals surface area contributed by atoms with Gasteiger partial charge < -0.3 is 14.6 Å². The van der Waals surface area contributed by atoms with E-state index >= 15 is 0 Å². The topological polar surface area (TPSA) is 56.2 Å². The number of carbonyl (C=O) groups excluding carboxylic acids is 1. The highest BCUT2D eigenvalue weighted by molar-refractivity contribution is 6.31. The van der Waals surface area contributed by atoms with Gasteiger partial charge in [-0.15, -0.1) is 11.6 Å². The molecule has 0 aliphatic heterocycles. The van der Waals surface area contributed by atoms with Crippen molar-refractivity contribution in [2.75, 3.05) is 12.5 Å². The third-order valence-electron chi connectivity index (χ3n) is 4.35. The number of hydrogen-bond acceptors (Lipinski definition) is 3. The zero-order valence-corrected chi connectivity index (χ0v) is 17.7. The number of nitrogens with zero attached hydrogens (tertiary/aromatic N) is 2. The molecule has 1 amide bonds. The highest BCUT2D eigenvalue weighted by Gasteiger charge is 2.17. The standard InChI is InChI=1S/C21H22Cl2FN3O2/c1-13(25-14(2)28)12-27-20-11-16(29-9-3-8-22)5-7-19(20)26-21(27)15-4-6-18(24)17(23)10-15/h4-7,10-11,13H,3,8-9,12H2,1-2H3,(H,25,28). The fourth-order valence-electron chi connectivity index (χ4n) is 3.14. The lowest BCUT2D eigenvalue weighted by atomic mass is 10.2. The van der Waals surface area contributed by atoms with E-state index < -0.39 is 5.82 Å². The van der Waals surface area contributed by atoms with Gasteiger partial charge >= 0.3 is 0 Å². The van der Waals surface area contributed by atoms with Crippen LogP contribution in [0, 0.1) is 5.82 Å². The van der Waals surface area contributed by atoms with E-state index in [9.17, 15) is 9.18 Å². The number of rotatable bonds is 8. The maximum atomic E-state index is 13.6. The lowest BCUT2D eigenvalue weighted by molar-refractivity contribution is -0.119. The Bertz CT molecular complexity index is 1020. The summed E-state index contributed by atoms with van der Waals surface area (Å²) in [6.07, 6.45) is 0.748. The Labute approximate surface area is 178 Å². The minimum absolute atomic E-state index is 0.0288. The number of nitrogens with one attached hydrogen (secondary N) is 1. The molecule has 0 spiro atoms. The highest BCUT2D eigenvalue weighted by Crippen LogP contribution is 2.30. The predicted molar refractivity (Wildman–Crippen MR) is 114 cm³/mol. The molecule has 1 heterocycles. The highest BCUT2D eigenvalue weighted by atomic mass is 35.5. The van der Waals surface area contributed by atoms with E-state index in [4.69, 9.17) is 32.9 Å². The zero-order chi connectivity index (χ0) is 21.0. The van der Waals surface area contributed by atoms with Gasteiger partial charge in [0.2, 0.25) is 5.91 Å². The zero-order valence-electron chi connectivity index (χ0n) is 16.2. The number of ether oxygens (including phenoxy) is 1. The van der Waals surface area contributed by atoms with Crippen molar-refractivity contribution in [1.29, 1.82) is 0 Å². The van der Waals surface area contributed by atoms with Crippen molar-refractivity contribution in [3.63, 3.8) is 0 Å². The number of halogens is 3. The van der Waals surface area contributed by atoms with Crippen LogP contribution >= 0.6 is 23.2 Å². The van der Waals surface area contributed by atoms with Crippen molar-refractivity contribution in [3.05, 3.63) is 47.2 Å². The van der Waals surface area contributed by atoms with Crippen molar-refractivity contribution in [1.82, 2.24) is 14.9 Å². The van der Waals surface area contributed by atoms with Crippen LogP contribution in [-0.2, 0) is 11.3 Å². The molecule has 3 aromatic rings. The maximum Gasteiger partial charge on any atom is 0.217 e.